The van der Waals surface area contributed by atoms with Crippen molar-refractivity contribution in [2.75, 3.05) is 37.9 Å². The van der Waals surface area contributed by atoms with E-state index in [1.165, 1.54) is 99.1 Å². The zero-order valence-electron chi connectivity index (χ0n) is 43.1. The van der Waals surface area contributed by atoms with Crippen LogP contribution in [0.25, 0.3) is 0 Å². The summed E-state index contributed by atoms with van der Waals surface area (Å²) < 4.78 is 108. The van der Waals surface area contributed by atoms with Crippen molar-refractivity contribution in [3.05, 3.63) is 119 Å². The summed E-state index contributed by atoms with van der Waals surface area (Å²) in [6, 6.07) is 13.3. The Morgan fingerprint density at radius 2 is 1.03 bits per heavy atom. The molecule has 0 bridgehead atoms. The lowest BCUT2D eigenvalue weighted by Crippen LogP contribution is -2.32. The van der Waals surface area contributed by atoms with Gasteiger partial charge in [-0.25, -0.2) is 9.59 Å². The third kappa shape index (κ3) is 18.0. The van der Waals surface area contributed by atoms with Crippen molar-refractivity contribution in [2.45, 2.75) is 50.7 Å². The van der Waals surface area contributed by atoms with E-state index in [4.69, 9.17) is 36.1 Å². The molecule has 0 saturated carbocycles. The molecule has 0 aromatic heterocycles. The number of phenolic OH excluding ortho intramolecular Hbond substituents is 2. The number of carboxylic acids is 2. The van der Waals surface area contributed by atoms with Crippen molar-refractivity contribution in [1.82, 2.24) is 10.6 Å². The summed E-state index contributed by atoms with van der Waals surface area (Å²) in [6.07, 6.45) is -6.26. The topological polar surface area (TPSA) is 256 Å². The zero-order chi connectivity index (χ0) is 53.5. The summed E-state index contributed by atoms with van der Waals surface area (Å²) >= 11 is 0. The second kappa shape index (κ2) is 25.6. The van der Waals surface area contributed by atoms with Gasteiger partial charge in [0.2, 0.25) is 12.8 Å². The van der Waals surface area contributed by atoms with Crippen molar-refractivity contribution < 1.29 is 75.7 Å². The van der Waals surface area contributed by atoms with Gasteiger partial charge in [0.05, 0.1) is 37.8 Å². The third-order valence-electron chi connectivity index (χ3n) is 7.27. The van der Waals surface area contributed by atoms with E-state index in [-0.39, 0.29) is 45.1 Å². The monoisotopic (exact) mass is 816 g/mol. The first-order chi connectivity index (χ1) is 32.4. The first-order valence-electron chi connectivity index (χ1n) is 22.7. The number of hydrogen-bond acceptors (Lipinski definition) is 12. The Balaban J connectivity index is 0.000000415. The van der Waals surface area contributed by atoms with Crippen LogP contribution >= 0.6 is 0 Å². The van der Waals surface area contributed by atoms with Gasteiger partial charge in [0.1, 0.15) is 23.0 Å². The normalized spacial score (nSPS) is 17.7. The number of aliphatic hydroxyl groups is 2. The predicted octanol–water partition coefficient (Wildman–Crippen LogP) is 4.16. The van der Waals surface area contributed by atoms with Crippen molar-refractivity contribution in [1.29, 1.82) is 0 Å². The molecule has 0 fully saturated rings. The summed E-state index contributed by atoms with van der Waals surface area (Å²) in [6.45, 7) is -7.17. The number of anilines is 2. The first-order valence-corrected chi connectivity index (χ1v) is 16.7. The van der Waals surface area contributed by atoms with E-state index in [1.54, 1.807) is 0 Å². The fourth-order valence-electron chi connectivity index (χ4n) is 4.38. The van der Waals surface area contributed by atoms with Gasteiger partial charge in [0.25, 0.3) is 0 Å². The van der Waals surface area contributed by atoms with E-state index in [2.05, 4.69) is 21.3 Å². The first kappa shape index (κ1) is 31.6. The largest absolute Gasteiger partial charge is 0.506 e. The van der Waals surface area contributed by atoms with Gasteiger partial charge in [0, 0.05) is 53.7 Å². The SMILES string of the molecule is O=C(O)/C=C/C(=O)O.[2H]C([2H])([2H])C([2H])(NC[C@@H](O)c1ccc(O)c(NC=O)c1)C([2H])([2H])c1ccc(OC)cc1.[2H]C([2H])([2H])C([2H])(NC[C@@H](O)c1ccc(O)c(NC=O)c1)C([2H])([2H])c1ccc(OC)cc1. The summed E-state index contributed by atoms with van der Waals surface area (Å²) in [5.41, 5.74) is 0.397. The predicted molar refractivity (Wildman–Crippen MR) is 218 cm³/mol. The molecule has 0 aliphatic rings. The molecule has 0 aliphatic carbocycles. The van der Waals surface area contributed by atoms with Gasteiger partial charge in [-0.15, -0.1) is 0 Å². The maximum Gasteiger partial charge on any atom is 0.328 e. The Bertz CT molecular complexity index is 2250. The number of aliphatic carboxylic acids is 2. The summed E-state index contributed by atoms with van der Waals surface area (Å²) in [4.78, 5) is 40.4. The number of carbonyl (C=O) groups excluding carboxylic acids is 2. The van der Waals surface area contributed by atoms with Gasteiger partial charge in [-0.05, 0) is 97.2 Å². The Labute approximate surface area is 353 Å². The molecule has 2 unspecified atom stereocenters. The molecule has 16 heteroatoms. The number of aromatic hydroxyl groups is 2. The molecule has 312 valence electrons. The molecule has 0 saturated heterocycles. The van der Waals surface area contributed by atoms with Gasteiger partial charge in [-0.3, -0.25) is 9.59 Å². The zero-order valence-corrected chi connectivity index (χ0v) is 31.1. The molecule has 0 radical (unpaired) electrons. The van der Waals surface area contributed by atoms with E-state index < -0.39 is 75.7 Å². The van der Waals surface area contributed by atoms with Crippen LogP contribution in [0.1, 0.15) is 64.6 Å². The molecule has 4 aromatic carbocycles. The van der Waals surface area contributed by atoms with Gasteiger partial charge < -0.3 is 61.4 Å². The van der Waals surface area contributed by atoms with Crippen LogP contribution in [0.3, 0.4) is 0 Å². The maximum absolute atomic E-state index is 10.6. The van der Waals surface area contributed by atoms with Crippen molar-refractivity contribution >= 4 is 36.1 Å². The van der Waals surface area contributed by atoms with Crippen LogP contribution in [-0.4, -0.2) is 94.7 Å². The highest BCUT2D eigenvalue weighted by molar-refractivity contribution is 5.89. The Morgan fingerprint density at radius 3 is 1.33 bits per heavy atom. The Morgan fingerprint density at radius 1 is 0.672 bits per heavy atom. The molecular weight excluding hydrogens is 752 g/mol. The molecule has 0 spiro atoms. The van der Waals surface area contributed by atoms with E-state index >= 15 is 0 Å². The second-order valence-corrected chi connectivity index (χ2v) is 11.3. The fourth-order valence-corrected chi connectivity index (χ4v) is 4.38. The Kier molecular flexibility index (Phi) is 14.0. The van der Waals surface area contributed by atoms with Gasteiger partial charge >= 0.3 is 11.9 Å². The minimum absolute atomic E-state index is 0.0353. The smallest absolute Gasteiger partial charge is 0.328 e. The summed E-state index contributed by atoms with van der Waals surface area (Å²) in [7, 11) is 2.87. The number of amides is 2. The molecule has 16 nitrogen and oxygen atoms in total. The number of benzene rings is 4. The van der Waals surface area contributed by atoms with Crippen molar-refractivity contribution in [2.24, 2.45) is 0 Å². The molecule has 0 aliphatic heterocycles. The average molecular weight is 817 g/mol. The van der Waals surface area contributed by atoms with Crippen LogP contribution in [-0.2, 0) is 31.9 Å². The van der Waals surface area contributed by atoms with E-state index in [0.29, 0.717) is 36.5 Å². The lowest BCUT2D eigenvalue weighted by molar-refractivity contribution is -0.134. The van der Waals surface area contributed by atoms with Crippen molar-refractivity contribution in [3.8, 4) is 23.0 Å². The fraction of sp³-hybridized carbons (Fsp3) is 0.286. The van der Waals surface area contributed by atoms with E-state index in [1.807, 2.05) is 0 Å². The van der Waals surface area contributed by atoms with Crippen LogP contribution in [0, 0.1) is 0 Å². The van der Waals surface area contributed by atoms with Gasteiger partial charge in [-0.1, -0.05) is 36.4 Å². The number of carbonyl (C=O) groups is 4. The van der Waals surface area contributed by atoms with Crippen LogP contribution in [0.5, 0.6) is 23.0 Å². The molecule has 0 heterocycles. The minimum Gasteiger partial charge on any atom is -0.506 e. The number of ether oxygens (including phenoxy) is 2. The number of nitrogens with one attached hydrogen (secondary N) is 4. The highest BCUT2D eigenvalue weighted by Gasteiger charge is 2.14. The van der Waals surface area contributed by atoms with Crippen LogP contribution in [0.2, 0.25) is 0 Å². The highest BCUT2D eigenvalue weighted by Crippen LogP contribution is 2.28. The number of aliphatic hydroxyl groups excluding tert-OH is 2. The molecule has 10 N–H and O–H groups in total. The van der Waals surface area contributed by atoms with E-state index in [9.17, 15) is 39.6 Å². The number of hydrogen-bond donors (Lipinski definition) is 10. The van der Waals surface area contributed by atoms with Crippen LogP contribution in [0.15, 0.2) is 97.1 Å². The number of methoxy groups -OCH3 is 2. The molecule has 4 rings (SSSR count). The standard InChI is InChI=1S/2C19H24N2O4.C4H4O4/c2*1-13(9-14-3-6-16(25-2)7-4-14)20-11-19(24)15-5-8-18(23)17(10-15)21-12-22;5-3(6)1-2-4(7)8/h2*3-8,10,12-13,19-20,23-24H,9,11H2,1-2H3,(H,21,22);1-2H,(H,5,6)(H,7,8)/b;;2-1+/t2*13?,19-;/m11./s1/i2*1D3,9D2,13D;. The van der Waals surface area contributed by atoms with E-state index in [0.717, 1.165) is 0 Å². The average Bonchev–Trinajstić information content (AvgIpc) is 3.30. The van der Waals surface area contributed by atoms with Crippen LogP contribution in [0.4, 0.5) is 11.4 Å². The Hall–Kier alpha value is -6.46. The quantitative estimate of drug-likeness (QED) is 0.0342. The number of rotatable bonds is 20. The lowest BCUT2D eigenvalue weighted by atomic mass is 10.1. The molecule has 58 heavy (non-hydrogen) atoms. The summed E-state index contributed by atoms with van der Waals surface area (Å²) in [5, 5.41) is 65.2. The second-order valence-electron chi connectivity index (χ2n) is 11.3. The molecular formula is C42H52N4O12. The highest BCUT2D eigenvalue weighted by atomic mass is 16.5. The van der Waals surface area contributed by atoms with Crippen molar-refractivity contribution in [3.63, 3.8) is 0 Å². The number of phenols is 2. The number of carboxylic acid groups (broad SMARTS) is 2. The third-order valence-corrected chi connectivity index (χ3v) is 7.27. The molecule has 4 atom stereocenters. The molecule has 2 amide bonds. The summed E-state index contributed by atoms with van der Waals surface area (Å²) in [5.74, 6) is -2.09. The molecule has 4 aromatic rings. The maximum atomic E-state index is 10.6. The van der Waals surface area contributed by atoms with Crippen LogP contribution < -0.4 is 30.7 Å². The lowest BCUT2D eigenvalue weighted by Gasteiger charge is -2.18. The van der Waals surface area contributed by atoms with Gasteiger partial charge in [0.15, 0.2) is 0 Å². The van der Waals surface area contributed by atoms with Gasteiger partial charge in [-0.2, -0.15) is 0 Å². The minimum atomic E-state index is -3.10.